The Morgan fingerprint density at radius 2 is 1.89 bits per heavy atom. The average molecular weight is 282 g/mol. The quantitative estimate of drug-likeness (QED) is 0.781. The molecule has 1 fully saturated rings. The van der Waals surface area contributed by atoms with Crippen LogP contribution in [0.2, 0.25) is 5.15 Å². The highest BCUT2D eigenvalue weighted by atomic mass is 35.5. The van der Waals surface area contributed by atoms with Crippen LogP contribution in [0.1, 0.15) is 50.4 Å². The second-order valence-corrected chi connectivity index (χ2v) is 5.98. The summed E-state index contributed by atoms with van der Waals surface area (Å²) in [7, 11) is 2.12. The summed E-state index contributed by atoms with van der Waals surface area (Å²) in [6, 6.07) is 0. The van der Waals surface area contributed by atoms with Crippen molar-refractivity contribution in [1.29, 1.82) is 0 Å². The maximum Gasteiger partial charge on any atom is 0.137 e. The van der Waals surface area contributed by atoms with Crippen molar-refractivity contribution in [2.24, 2.45) is 5.92 Å². The number of hydrogen-bond donors (Lipinski definition) is 0. The lowest BCUT2D eigenvalue weighted by Crippen LogP contribution is -2.28. The Morgan fingerprint density at radius 1 is 1.21 bits per heavy atom. The maximum atomic E-state index is 6.21. The van der Waals surface area contributed by atoms with Crippen molar-refractivity contribution in [3.8, 4) is 0 Å². The summed E-state index contributed by atoms with van der Waals surface area (Å²) in [6.07, 6.45) is 7.68. The highest BCUT2D eigenvalue weighted by Gasteiger charge is 2.18. The third kappa shape index (κ3) is 3.59. The lowest BCUT2D eigenvalue weighted by molar-refractivity contribution is 0.361. The van der Waals surface area contributed by atoms with Crippen LogP contribution >= 0.6 is 11.6 Å². The van der Waals surface area contributed by atoms with Crippen molar-refractivity contribution >= 4 is 17.4 Å². The molecule has 19 heavy (non-hydrogen) atoms. The van der Waals surface area contributed by atoms with Gasteiger partial charge in [0.15, 0.2) is 0 Å². The van der Waals surface area contributed by atoms with Gasteiger partial charge in [0.25, 0.3) is 0 Å². The van der Waals surface area contributed by atoms with E-state index in [1.165, 1.54) is 32.1 Å². The van der Waals surface area contributed by atoms with Gasteiger partial charge in [0.2, 0.25) is 0 Å². The normalized spacial score (nSPS) is 16.6. The van der Waals surface area contributed by atoms with Gasteiger partial charge in [-0.25, -0.2) is 9.97 Å². The van der Waals surface area contributed by atoms with E-state index in [1.54, 1.807) is 0 Å². The molecule has 1 saturated carbocycles. The van der Waals surface area contributed by atoms with Crippen molar-refractivity contribution in [2.45, 2.75) is 52.4 Å². The molecule has 4 heteroatoms. The minimum Gasteiger partial charge on any atom is -0.359 e. The molecule has 1 aliphatic rings. The zero-order chi connectivity index (χ0) is 13.8. The molecule has 0 aromatic carbocycles. The molecule has 0 aliphatic heterocycles. The minimum absolute atomic E-state index is 0.595. The number of aromatic nitrogens is 2. The van der Waals surface area contributed by atoms with E-state index in [2.05, 4.69) is 28.8 Å². The molecule has 1 aliphatic carbocycles. The van der Waals surface area contributed by atoms with Gasteiger partial charge in [0, 0.05) is 25.6 Å². The summed E-state index contributed by atoms with van der Waals surface area (Å²) in [4.78, 5) is 11.2. The summed E-state index contributed by atoms with van der Waals surface area (Å²) >= 11 is 6.21. The van der Waals surface area contributed by atoms with E-state index in [0.29, 0.717) is 5.15 Å². The fraction of sp³-hybridized carbons (Fsp3) is 0.733. The van der Waals surface area contributed by atoms with Crippen LogP contribution in [0.3, 0.4) is 0 Å². The van der Waals surface area contributed by atoms with Crippen LogP contribution in [-0.4, -0.2) is 23.6 Å². The van der Waals surface area contributed by atoms with Crippen LogP contribution in [0.25, 0.3) is 0 Å². The lowest BCUT2D eigenvalue weighted by atomic mass is 9.89. The van der Waals surface area contributed by atoms with Gasteiger partial charge in [-0.05, 0) is 25.7 Å². The van der Waals surface area contributed by atoms with Crippen LogP contribution in [0.5, 0.6) is 0 Å². The first-order valence-electron chi connectivity index (χ1n) is 7.36. The number of halogens is 1. The SMILES string of the molecule is CCc1nc(Cl)c(C)c(N(C)CC2CCCCC2)n1. The number of aryl methyl sites for hydroxylation is 1. The predicted octanol–water partition coefficient (Wildman–Crippen LogP) is 4.02. The Morgan fingerprint density at radius 3 is 2.53 bits per heavy atom. The molecule has 0 N–H and O–H groups in total. The Balaban J connectivity index is 2.13. The number of rotatable bonds is 4. The van der Waals surface area contributed by atoms with E-state index in [0.717, 1.165) is 36.1 Å². The van der Waals surface area contributed by atoms with Gasteiger partial charge in [-0.15, -0.1) is 0 Å². The Hall–Kier alpha value is -0.830. The largest absolute Gasteiger partial charge is 0.359 e. The maximum absolute atomic E-state index is 6.21. The molecule has 3 nitrogen and oxygen atoms in total. The predicted molar refractivity (Wildman–Crippen MR) is 81.0 cm³/mol. The summed E-state index contributed by atoms with van der Waals surface area (Å²) in [5, 5.41) is 0.595. The molecule has 1 aromatic heterocycles. The molecule has 1 aromatic rings. The van der Waals surface area contributed by atoms with Gasteiger partial charge >= 0.3 is 0 Å². The topological polar surface area (TPSA) is 29.0 Å². The molecule has 1 heterocycles. The first-order valence-corrected chi connectivity index (χ1v) is 7.73. The number of anilines is 1. The second kappa shape index (κ2) is 6.56. The number of hydrogen-bond acceptors (Lipinski definition) is 3. The van der Waals surface area contributed by atoms with Crippen molar-refractivity contribution in [1.82, 2.24) is 9.97 Å². The summed E-state index contributed by atoms with van der Waals surface area (Å²) in [5.74, 6) is 2.64. The molecule has 0 atom stereocenters. The monoisotopic (exact) mass is 281 g/mol. The van der Waals surface area contributed by atoms with Gasteiger partial charge in [0.1, 0.15) is 16.8 Å². The molecule has 0 saturated heterocycles. The van der Waals surface area contributed by atoms with Crippen molar-refractivity contribution in [3.63, 3.8) is 0 Å². The molecule has 2 rings (SSSR count). The third-order valence-electron chi connectivity index (χ3n) is 4.04. The molecule has 0 bridgehead atoms. The summed E-state index contributed by atoms with van der Waals surface area (Å²) < 4.78 is 0. The lowest BCUT2D eigenvalue weighted by Gasteiger charge is -2.28. The van der Waals surface area contributed by atoms with Crippen LogP contribution in [0.4, 0.5) is 5.82 Å². The van der Waals surface area contributed by atoms with Crippen LogP contribution in [0, 0.1) is 12.8 Å². The molecule has 0 amide bonds. The van der Waals surface area contributed by atoms with Crippen molar-refractivity contribution in [3.05, 3.63) is 16.5 Å². The average Bonchev–Trinajstić information content (AvgIpc) is 2.42. The van der Waals surface area contributed by atoms with Gasteiger partial charge in [0.05, 0.1) is 0 Å². The molecule has 106 valence electrons. The highest BCUT2D eigenvalue weighted by Crippen LogP contribution is 2.28. The van der Waals surface area contributed by atoms with Gasteiger partial charge in [-0.2, -0.15) is 0 Å². The Bertz CT molecular complexity index is 428. The first kappa shape index (κ1) is 14.6. The van der Waals surface area contributed by atoms with Crippen LogP contribution in [-0.2, 0) is 6.42 Å². The van der Waals surface area contributed by atoms with Crippen molar-refractivity contribution in [2.75, 3.05) is 18.5 Å². The van der Waals surface area contributed by atoms with Gasteiger partial charge in [-0.1, -0.05) is 37.8 Å². The Kier molecular flexibility index (Phi) is 5.03. The molecular formula is C15H24ClN3. The molecule has 0 radical (unpaired) electrons. The zero-order valence-corrected chi connectivity index (χ0v) is 13.0. The van der Waals surface area contributed by atoms with Crippen molar-refractivity contribution < 1.29 is 0 Å². The van der Waals surface area contributed by atoms with Crippen LogP contribution in [0.15, 0.2) is 0 Å². The summed E-state index contributed by atoms with van der Waals surface area (Å²) in [6.45, 7) is 5.15. The number of nitrogens with zero attached hydrogens (tertiary/aromatic N) is 3. The van der Waals surface area contributed by atoms with E-state index in [-0.39, 0.29) is 0 Å². The first-order chi connectivity index (χ1) is 9.11. The van der Waals surface area contributed by atoms with E-state index in [1.807, 2.05) is 6.92 Å². The van der Waals surface area contributed by atoms with E-state index in [9.17, 15) is 0 Å². The standard InChI is InChI=1S/C15H24ClN3/c1-4-13-17-14(16)11(2)15(18-13)19(3)10-12-8-6-5-7-9-12/h12H,4-10H2,1-3H3. The molecule has 0 spiro atoms. The minimum atomic E-state index is 0.595. The zero-order valence-electron chi connectivity index (χ0n) is 12.2. The summed E-state index contributed by atoms with van der Waals surface area (Å²) in [5.41, 5.74) is 0.997. The van der Waals surface area contributed by atoms with Gasteiger partial charge < -0.3 is 4.90 Å². The Labute approximate surface area is 121 Å². The van der Waals surface area contributed by atoms with Gasteiger partial charge in [-0.3, -0.25) is 0 Å². The fourth-order valence-corrected chi connectivity index (χ4v) is 3.08. The fourth-order valence-electron chi connectivity index (χ4n) is 2.89. The third-order valence-corrected chi connectivity index (χ3v) is 4.41. The van der Waals surface area contributed by atoms with E-state index < -0.39 is 0 Å². The van der Waals surface area contributed by atoms with Crippen LogP contribution < -0.4 is 4.90 Å². The van der Waals surface area contributed by atoms with E-state index >= 15 is 0 Å². The molecule has 0 unspecified atom stereocenters. The molecular weight excluding hydrogens is 258 g/mol. The van der Waals surface area contributed by atoms with E-state index in [4.69, 9.17) is 11.6 Å². The smallest absolute Gasteiger partial charge is 0.137 e. The second-order valence-electron chi connectivity index (χ2n) is 5.62. The highest BCUT2D eigenvalue weighted by molar-refractivity contribution is 6.30.